The molecule has 1 aliphatic carbocycles. The number of carboxylic acid groups (broad SMARTS) is 1. The summed E-state index contributed by atoms with van der Waals surface area (Å²) in [6.07, 6.45) is 3.71. The van der Waals surface area contributed by atoms with Crippen molar-refractivity contribution in [3.63, 3.8) is 0 Å². The summed E-state index contributed by atoms with van der Waals surface area (Å²) in [4.78, 5) is 22.5. The second kappa shape index (κ2) is 6.03. The summed E-state index contributed by atoms with van der Waals surface area (Å²) in [5, 5.41) is 20.7. The van der Waals surface area contributed by atoms with Gasteiger partial charge in [-0.15, -0.1) is 0 Å². The molecule has 5 nitrogen and oxygen atoms in total. The van der Waals surface area contributed by atoms with E-state index in [1.165, 1.54) is 0 Å². The third kappa shape index (κ3) is 2.81. The Kier molecular flexibility index (Phi) is 4.37. The summed E-state index contributed by atoms with van der Waals surface area (Å²) in [7, 11) is 0. The van der Waals surface area contributed by atoms with Crippen LogP contribution in [0.3, 0.4) is 0 Å². The minimum absolute atomic E-state index is 0.323. The number of nitro groups is 1. The smallest absolute Gasteiger partial charge is 0.310 e. The summed E-state index contributed by atoms with van der Waals surface area (Å²) in [6.45, 7) is -0.323. The van der Waals surface area contributed by atoms with Crippen molar-refractivity contribution in [1.29, 1.82) is 0 Å². The number of nitrogens with zero attached hydrogens (tertiary/aromatic N) is 1. The van der Waals surface area contributed by atoms with E-state index in [1.807, 2.05) is 6.07 Å². The maximum Gasteiger partial charge on any atom is 0.310 e. The van der Waals surface area contributed by atoms with Gasteiger partial charge in [0.1, 0.15) is 0 Å². The van der Waals surface area contributed by atoms with Crippen LogP contribution >= 0.6 is 0 Å². The standard InChI is InChI=1S/C15H19NO4/c17-14(18)15(9-5-2-6-10-15)13(11-16(19)20)12-7-3-1-4-8-12/h1,3-4,7-8,13H,2,5-6,9-11H2,(H,17,18). The molecule has 0 bridgehead atoms. The summed E-state index contributed by atoms with van der Waals surface area (Å²) in [6, 6.07) is 9.04. The molecular weight excluding hydrogens is 258 g/mol. The number of hydrogen-bond donors (Lipinski definition) is 1. The number of hydrogen-bond acceptors (Lipinski definition) is 3. The molecular formula is C15H19NO4. The number of carboxylic acids is 1. The molecule has 0 aliphatic heterocycles. The Hall–Kier alpha value is -1.91. The van der Waals surface area contributed by atoms with E-state index in [0.29, 0.717) is 12.8 Å². The summed E-state index contributed by atoms with van der Waals surface area (Å²) < 4.78 is 0. The fraction of sp³-hybridized carbons (Fsp3) is 0.533. The van der Waals surface area contributed by atoms with Gasteiger partial charge in [0, 0.05) is 4.92 Å². The van der Waals surface area contributed by atoms with Crippen LogP contribution in [-0.4, -0.2) is 22.5 Å². The van der Waals surface area contributed by atoms with E-state index in [4.69, 9.17) is 0 Å². The third-order valence-corrected chi connectivity index (χ3v) is 4.37. The molecule has 2 rings (SSSR count). The van der Waals surface area contributed by atoms with Crippen LogP contribution < -0.4 is 0 Å². The van der Waals surface area contributed by atoms with Crippen molar-refractivity contribution < 1.29 is 14.8 Å². The average molecular weight is 277 g/mol. The van der Waals surface area contributed by atoms with E-state index in [9.17, 15) is 20.0 Å². The van der Waals surface area contributed by atoms with Gasteiger partial charge in [0.2, 0.25) is 6.54 Å². The first-order chi connectivity index (χ1) is 9.56. The number of benzene rings is 1. The van der Waals surface area contributed by atoms with Crippen LogP contribution in [0.25, 0.3) is 0 Å². The van der Waals surface area contributed by atoms with E-state index in [-0.39, 0.29) is 6.54 Å². The van der Waals surface area contributed by atoms with Gasteiger partial charge in [-0.25, -0.2) is 0 Å². The van der Waals surface area contributed by atoms with E-state index < -0.39 is 22.2 Å². The predicted molar refractivity (Wildman–Crippen MR) is 74.2 cm³/mol. The van der Waals surface area contributed by atoms with Crippen molar-refractivity contribution in [2.75, 3.05) is 6.54 Å². The molecule has 0 aromatic heterocycles. The van der Waals surface area contributed by atoms with Gasteiger partial charge in [0.05, 0.1) is 11.3 Å². The van der Waals surface area contributed by atoms with E-state index in [2.05, 4.69) is 0 Å². The number of aliphatic carboxylic acids is 1. The SMILES string of the molecule is O=C(O)C1(C(C[N+](=O)[O-])c2ccccc2)CCCCC1. The molecule has 1 atom stereocenters. The summed E-state index contributed by atoms with van der Waals surface area (Å²) in [5.41, 5.74) is -0.236. The fourth-order valence-corrected chi connectivity index (χ4v) is 3.33. The lowest BCUT2D eigenvalue weighted by atomic mass is 9.63. The van der Waals surface area contributed by atoms with Gasteiger partial charge < -0.3 is 5.11 Å². The third-order valence-electron chi connectivity index (χ3n) is 4.37. The number of rotatable bonds is 5. The van der Waals surface area contributed by atoms with Gasteiger partial charge in [-0.1, -0.05) is 49.6 Å². The minimum Gasteiger partial charge on any atom is -0.481 e. The monoisotopic (exact) mass is 277 g/mol. The molecule has 0 saturated heterocycles. The normalized spacial score (nSPS) is 19.2. The maximum absolute atomic E-state index is 11.8. The molecule has 0 heterocycles. The molecule has 20 heavy (non-hydrogen) atoms. The van der Waals surface area contributed by atoms with Gasteiger partial charge in [0.15, 0.2) is 0 Å². The summed E-state index contributed by atoms with van der Waals surface area (Å²) >= 11 is 0. The van der Waals surface area contributed by atoms with E-state index in [1.54, 1.807) is 24.3 Å². The van der Waals surface area contributed by atoms with Crippen LogP contribution in [0.2, 0.25) is 0 Å². The lowest BCUT2D eigenvalue weighted by Crippen LogP contribution is -2.42. The highest BCUT2D eigenvalue weighted by Crippen LogP contribution is 2.47. The van der Waals surface area contributed by atoms with E-state index in [0.717, 1.165) is 24.8 Å². The van der Waals surface area contributed by atoms with Gasteiger partial charge in [-0.2, -0.15) is 0 Å². The molecule has 1 unspecified atom stereocenters. The van der Waals surface area contributed by atoms with Gasteiger partial charge in [-0.05, 0) is 18.4 Å². The highest BCUT2D eigenvalue weighted by atomic mass is 16.6. The predicted octanol–water partition coefficient (Wildman–Crippen LogP) is 3.08. The summed E-state index contributed by atoms with van der Waals surface area (Å²) in [5.74, 6) is -1.45. The van der Waals surface area contributed by atoms with E-state index >= 15 is 0 Å². The van der Waals surface area contributed by atoms with Crippen LogP contribution in [-0.2, 0) is 4.79 Å². The second-order valence-corrected chi connectivity index (χ2v) is 5.50. The Labute approximate surface area is 117 Å². The van der Waals surface area contributed by atoms with Crippen LogP contribution in [0.4, 0.5) is 0 Å². The minimum atomic E-state index is -0.993. The fourth-order valence-electron chi connectivity index (χ4n) is 3.33. The van der Waals surface area contributed by atoms with Crippen molar-refractivity contribution in [1.82, 2.24) is 0 Å². The Balaban J connectivity index is 2.42. The molecule has 1 aliphatic rings. The molecule has 1 fully saturated rings. The Morgan fingerprint density at radius 2 is 1.85 bits per heavy atom. The zero-order valence-corrected chi connectivity index (χ0v) is 11.3. The first kappa shape index (κ1) is 14.5. The quantitative estimate of drug-likeness (QED) is 0.662. The topological polar surface area (TPSA) is 80.4 Å². The van der Waals surface area contributed by atoms with Gasteiger partial charge in [-0.3, -0.25) is 14.9 Å². The van der Waals surface area contributed by atoms with Crippen molar-refractivity contribution in [3.05, 3.63) is 46.0 Å². The molecule has 1 aromatic rings. The van der Waals surface area contributed by atoms with Gasteiger partial charge >= 0.3 is 5.97 Å². The Morgan fingerprint density at radius 1 is 1.25 bits per heavy atom. The average Bonchev–Trinajstić information content (AvgIpc) is 2.46. The lowest BCUT2D eigenvalue weighted by Gasteiger charge is -2.38. The van der Waals surface area contributed by atoms with Crippen LogP contribution in [0, 0.1) is 15.5 Å². The molecule has 0 spiro atoms. The number of carbonyl (C=O) groups is 1. The molecule has 5 heteroatoms. The largest absolute Gasteiger partial charge is 0.481 e. The van der Waals surface area contributed by atoms with Crippen molar-refractivity contribution >= 4 is 5.97 Å². The molecule has 108 valence electrons. The first-order valence-electron chi connectivity index (χ1n) is 6.96. The van der Waals surface area contributed by atoms with Crippen LogP contribution in [0.1, 0.15) is 43.6 Å². The highest BCUT2D eigenvalue weighted by molar-refractivity contribution is 5.76. The van der Waals surface area contributed by atoms with Crippen LogP contribution in [0.5, 0.6) is 0 Å². The lowest BCUT2D eigenvalue weighted by molar-refractivity contribution is -0.486. The van der Waals surface area contributed by atoms with Crippen molar-refractivity contribution in [2.24, 2.45) is 5.41 Å². The molecule has 0 radical (unpaired) electrons. The zero-order valence-electron chi connectivity index (χ0n) is 11.3. The second-order valence-electron chi connectivity index (χ2n) is 5.50. The van der Waals surface area contributed by atoms with Crippen molar-refractivity contribution in [3.8, 4) is 0 Å². The molecule has 1 saturated carbocycles. The molecule has 1 aromatic carbocycles. The maximum atomic E-state index is 11.8. The molecule has 0 amide bonds. The van der Waals surface area contributed by atoms with Crippen LogP contribution in [0.15, 0.2) is 30.3 Å². The van der Waals surface area contributed by atoms with Gasteiger partial charge in [0.25, 0.3) is 0 Å². The zero-order chi connectivity index (χ0) is 14.6. The first-order valence-corrected chi connectivity index (χ1v) is 6.96. The highest BCUT2D eigenvalue weighted by Gasteiger charge is 2.49. The Bertz CT molecular complexity index is 480. The molecule has 1 N–H and O–H groups in total. The van der Waals surface area contributed by atoms with Crippen molar-refractivity contribution in [2.45, 2.75) is 38.0 Å². The Morgan fingerprint density at radius 3 is 2.35 bits per heavy atom.